The highest BCUT2D eigenvalue weighted by atomic mass is 79.9. The summed E-state index contributed by atoms with van der Waals surface area (Å²) in [5, 5.41) is 0. The van der Waals surface area contributed by atoms with Crippen LogP contribution in [0.15, 0.2) is 16.6 Å². The van der Waals surface area contributed by atoms with Crippen molar-refractivity contribution in [2.45, 2.75) is 33.8 Å². The van der Waals surface area contributed by atoms with Gasteiger partial charge in [-0.15, -0.1) is 0 Å². The fraction of sp³-hybridized carbons (Fsp3) is 0.417. The number of hydrogen-bond acceptors (Lipinski definition) is 2. The predicted molar refractivity (Wildman–Crippen MR) is 64.6 cm³/mol. The number of carbonyl (C=O) groups is 1. The second kappa shape index (κ2) is 4.79. The summed E-state index contributed by atoms with van der Waals surface area (Å²) in [6.07, 6.45) is 0.115. The van der Waals surface area contributed by atoms with E-state index < -0.39 is 0 Å². The van der Waals surface area contributed by atoms with Crippen molar-refractivity contribution in [1.29, 1.82) is 0 Å². The number of ether oxygens (including phenoxy) is 1. The van der Waals surface area contributed by atoms with Gasteiger partial charge in [0.25, 0.3) is 0 Å². The van der Waals surface area contributed by atoms with Gasteiger partial charge < -0.3 is 4.74 Å². The zero-order chi connectivity index (χ0) is 11.6. The van der Waals surface area contributed by atoms with Crippen LogP contribution in [0.3, 0.4) is 0 Å². The summed E-state index contributed by atoms with van der Waals surface area (Å²) in [6.45, 7) is 7.45. The molecule has 0 fully saturated rings. The van der Waals surface area contributed by atoms with Crippen LogP contribution >= 0.6 is 15.9 Å². The van der Waals surface area contributed by atoms with Crippen LogP contribution in [0.2, 0.25) is 0 Å². The zero-order valence-corrected chi connectivity index (χ0v) is 11.0. The number of hydrogen-bond donors (Lipinski definition) is 0. The van der Waals surface area contributed by atoms with Gasteiger partial charge >= 0.3 is 0 Å². The highest BCUT2D eigenvalue weighted by Gasteiger charge is 2.10. The number of halogens is 1. The molecule has 15 heavy (non-hydrogen) atoms. The van der Waals surface area contributed by atoms with E-state index in [1.807, 2.05) is 26.8 Å². The van der Waals surface area contributed by atoms with Gasteiger partial charge in [-0.25, -0.2) is 0 Å². The van der Waals surface area contributed by atoms with Gasteiger partial charge in [-0.05, 0) is 45.4 Å². The smallest absolute Gasteiger partial charge is 0.161 e. The Morgan fingerprint density at radius 3 is 2.47 bits per heavy atom. The summed E-state index contributed by atoms with van der Waals surface area (Å²) in [6, 6.07) is 3.70. The average molecular weight is 271 g/mol. The molecule has 1 aromatic carbocycles. The molecule has 0 saturated carbocycles. The number of benzene rings is 1. The molecule has 0 spiro atoms. The number of ketones is 1. The summed E-state index contributed by atoms with van der Waals surface area (Å²) in [7, 11) is 0. The second-order valence-corrected chi connectivity index (χ2v) is 4.67. The van der Waals surface area contributed by atoms with Crippen molar-refractivity contribution in [3.63, 3.8) is 0 Å². The van der Waals surface area contributed by atoms with Crippen LogP contribution in [0.4, 0.5) is 0 Å². The Morgan fingerprint density at radius 2 is 2.00 bits per heavy atom. The van der Waals surface area contributed by atoms with Crippen LogP contribution in [0.25, 0.3) is 0 Å². The van der Waals surface area contributed by atoms with Crippen molar-refractivity contribution >= 4 is 21.7 Å². The molecule has 82 valence electrons. The summed E-state index contributed by atoms with van der Waals surface area (Å²) in [5.41, 5.74) is 1.69. The van der Waals surface area contributed by atoms with E-state index in [4.69, 9.17) is 4.74 Å². The number of Topliss-reactive ketones (excluding diaryl/α,β-unsaturated/α-hetero) is 1. The lowest BCUT2D eigenvalue weighted by Crippen LogP contribution is -2.08. The van der Waals surface area contributed by atoms with Gasteiger partial charge in [-0.1, -0.05) is 15.9 Å². The fourth-order valence-corrected chi connectivity index (χ4v) is 2.04. The average Bonchev–Trinajstić information content (AvgIpc) is 2.08. The molecule has 0 unspecified atom stereocenters. The van der Waals surface area contributed by atoms with E-state index in [0.29, 0.717) is 5.56 Å². The Balaban J connectivity index is 3.17. The molecule has 0 heterocycles. The van der Waals surface area contributed by atoms with Crippen molar-refractivity contribution in [2.75, 3.05) is 0 Å². The van der Waals surface area contributed by atoms with Gasteiger partial charge in [-0.3, -0.25) is 4.79 Å². The van der Waals surface area contributed by atoms with Crippen molar-refractivity contribution in [3.8, 4) is 5.75 Å². The SMILES string of the molecule is CC(=O)c1cc(OC(C)C)c(C)cc1Br. The van der Waals surface area contributed by atoms with Gasteiger partial charge in [0.05, 0.1) is 6.10 Å². The molecule has 0 amide bonds. The summed E-state index contributed by atoms with van der Waals surface area (Å²) in [5.74, 6) is 0.814. The molecule has 0 aliphatic heterocycles. The number of aryl methyl sites for hydroxylation is 1. The van der Waals surface area contributed by atoms with Crippen molar-refractivity contribution in [1.82, 2.24) is 0 Å². The van der Waals surface area contributed by atoms with Crippen LogP contribution in [-0.4, -0.2) is 11.9 Å². The quantitative estimate of drug-likeness (QED) is 0.783. The Morgan fingerprint density at radius 1 is 1.40 bits per heavy atom. The van der Waals surface area contributed by atoms with Gasteiger partial charge in [0.2, 0.25) is 0 Å². The van der Waals surface area contributed by atoms with Crippen molar-refractivity contribution in [2.24, 2.45) is 0 Å². The first kappa shape index (κ1) is 12.2. The van der Waals surface area contributed by atoms with E-state index in [-0.39, 0.29) is 11.9 Å². The van der Waals surface area contributed by atoms with E-state index in [1.54, 1.807) is 13.0 Å². The van der Waals surface area contributed by atoms with Crippen molar-refractivity contribution in [3.05, 3.63) is 27.7 Å². The van der Waals surface area contributed by atoms with Gasteiger partial charge in [0.1, 0.15) is 5.75 Å². The van der Waals surface area contributed by atoms with E-state index in [9.17, 15) is 4.79 Å². The minimum absolute atomic E-state index is 0.0375. The monoisotopic (exact) mass is 270 g/mol. The first-order valence-electron chi connectivity index (χ1n) is 4.89. The molecular formula is C12H15BrO2. The lowest BCUT2D eigenvalue weighted by Gasteiger charge is -2.14. The topological polar surface area (TPSA) is 26.3 Å². The third-order valence-electron chi connectivity index (χ3n) is 2.01. The molecule has 0 aliphatic rings. The first-order chi connectivity index (χ1) is 6.91. The third-order valence-corrected chi connectivity index (χ3v) is 2.66. The molecule has 1 aromatic rings. The second-order valence-electron chi connectivity index (χ2n) is 3.82. The van der Waals surface area contributed by atoms with Crippen LogP contribution in [0.5, 0.6) is 5.75 Å². The van der Waals surface area contributed by atoms with Crippen molar-refractivity contribution < 1.29 is 9.53 Å². The minimum Gasteiger partial charge on any atom is -0.491 e. The lowest BCUT2D eigenvalue weighted by molar-refractivity contribution is 0.101. The Kier molecular flexibility index (Phi) is 3.91. The summed E-state index contributed by atoms with van der Waals surface area (Å²) < 4.78 is 6.44. The molecule has 0 bridgehead atoms. The highest BCUT2D eigenvalue weighted by molar-refractivity contribution is 9.10. The highest BCUT2D eigenvalue weighted by Crippen LogP contribution is 2.27. The van der Waals surface area contributed by atoms with E-state index >= 15 is 0 Å². The predicted octanol–water partition coefficient (Wildman–Crippen LogP) is 3.75. The molecule has 0 saturated heterocycles. The summed E-state index contributed by atoms with van der Waals surface area (Å²) in [4.78, 5) is 11.3. The Hall–Kier alpha value is -0.830. The summed E-state index contributed by atoms with van der Waals surface area (Å²) >= 11 is 3.37. The van der Waals surface area contributed by atoms with Crippen LogP contribution in [0.1, 0.15) is 36.7 Å². The number of carbonyl (C=O) groups excluding carboxylic acids is 1. The molecule has 3 heteroatoms. The maximum absolute atomic E-state index is 11.3. The van der Waals surface area contributed by atoms with Gasteiger partial charge in [0.15, 0.2) is 5.78 Å². The molecule has 0 aliphatic carbocycles. The van der Waals surface area contributed by atoms with Gasteiger partial charge in [0, 0.05) is 10.0 Å². The van der Waals surface area contributed by atoms with E-state index in [0.717, 1.165) is 15.8 Å². The Bertz CT molecular complexity index is 383. The normalized spacial score (nSPS) is 10.5. The third kappa shape index (κ3) is 3.06. The van der Waals surface area contributed by atoms with Crippen LogP contribution in [-0.2, 0) is 0 Å². The van der Waals surface area contributed by atoms with Crippen LogP contribution < -0.4 is 4.74 Å². The zero-order valence-electron chi connectivity index (χ0n) is 9.43. The first-order valence-corrected chi connectivity index (χ1v) is 5.69. The molecule has 0 aromatic heterocycles. The molecular weight excluding hydrogens is 256 g/mol. The molecule has 2 nitrogen and oxygen atoms in total. The molecule has 0 radical (unpaired) electrons. The molecule has 0 N–H and O–H groups in total. The molecule has 0 atom stereocenters. The van der Waals surface area contributed by atoms with Gasteiger partial charge in [-0.2, -0.15) is 0 Å². The van der Waals surface area contributed by atoms with E-state index in [2.05, 4.69) is 15.9 Å². The van der Waals surface area contributed by atoms with Crippen LogP contribution in [0, 0.1) is 6.92 Å². The standard InChI is InChI=1S/C12H15BrO2/c1-7(2)15-12-6-10(9(4)14)11(13)5-8(12)3/h5-7H,1-4H3. The fourth-order valence-electron chi connectivity index (χ4n) is 1.30. The Labute approximate surface area is 98.8 Å². The maximum Gasteiger partial charge on any atom is 0.161 e. The molecule has 1 rings (SSSR count). The minimum atomic E-state index is 0.0375. The largest absolute Gasteiger partial charge is 0.491 e. The van der Waals surface area contributed by atoms with E-state index in [1.165, 1.54) is 0 Å². The maximum atomic E-state index is 11.3. The lowest BCUT2D eigenvalue weighted by atomic mass is 10.1. The number of rotatable bonds is 3.